The molecule has 0 radical (unpaired) electrons. The molecule has 1 aliphatic carbocycles. The highest BCUT2D eigenvalue weighted by Gasteiger charge is 2.30. The summed E-state index contributed by atoms with van der Waals surface area (Å²) in [7, 11) is -1.09. The highest BCUT2D eigenvalue weighted by atomic mass is 32.2. The van der Waals surface area contributed by atoms with Crippen molar-refractivity contribution in [1.29, 1.82) is 0 Å². The molecule has 0 aromatic carbocycles. The Hall–Kier alpha value is -1.96. The zero-order valence-corrected chi connectivity index (χ0v) is 15.3. The minimum Gasteiger partial charge on any atom is -0.352 e. The zero-order valence-electron chi connectivity index (χ0n) is 14.4. The second-order valence-electron chi connectivity index (χ2n) is 7.26. The van der Waals surface area contributed by atoms with Crippen molar-refractivity contribution in [2.24, 2.45) is 13.0 Å². The Kier molecular flexibility index (Phi) is 3.82. The lowest BCUT2D eigenvalue weighted by molar-refractivity contribution is 0.0950. The molecule has 2 fully saturated rings. The van der Waals surface area contributed by atoms with E-state index in [-0.39, 0.29) is 23.3 Å². The first-order valence-corrected chi connectivity index (χ1v) is 10.5. The molecule has 1 amide bonds. The highest BCUT2D eigenvalue weighted by Crippen LogP contribution is 2.40. The van der Waals surface area contributed by atoms with E-state index in [2.05, 4.69) is 10.4 Å². The number of carbonyl (C=O) groups is 1. The number of amides is 1. The van der Waals surface area contributed by atoms with Gasteiger partial charge < -0.3 is 5.32 Å². The molecule has 4 rings (SSSR count). The Balaban J connectivity index is 1.62. The summed E-state index contributed by atoms with van der Waals surface area (Å²) in [5.74, 6) is 0.656. The minimum absolute atomic E-state index is 0.00387. The van der Waals surface area contributed by atoms with E-state index in [1.165, 1.54) is 0 Å². The number of sulfone groups is 1. The van der Waals surface area contributed by atoms with Crippen molar-refractivity contribution in [1.82, 2.24) is 20.1 Å². The van der Waals surface area contributed by atoms with E-state index < -0.39 is 9.84 Å². The fraction of sp³-hybridized carbons (Fsp3) is 0.588. The Morgan fingerprint density at radius 1 is 1.36 bits per heavy atom. The number of hydrogen-bond acceptors (Lipinski definition) is 5. The van der Waals surface area contributed by atoms with Crippen LogP contribution in [0, 0.1) is 12.8 Å². The third-order valence-electron chi connectivity index (χ3n) is 5.11. The van der Waals surface area contributed by atoms with E-state index >= 15 is 0 Å². The molecule has 1 N–H and O–H groups in total. The summed E-state index contributed by atoms with van der Waals surface area (Å²) in [5.41, 5.74) is 3.05. The maximum absolute atomic E-state index is 12.8. The lowest BCUT2D eigenvalue weighted by atomic mass is 10.1. The average molecular weight is 362 g/mol. The molecule has 1 atom stereocenters. The third-order valence-corrected chi connectivity index (χ3v) is 6.94. The molecule has 1 saturated heterocycles. The van der Waals surface area contributed by atoms with Crippen molar-refractivity contribution in [3.05, 3.63) is 23.0 Å². The molecule has 1 unspecified atom stereocenters. The molecule has 0 spiro atoms. The van der Waals surface area contributed by atoms with Gasteiger partial charge in [0.1, 0.15) is 0 Å². The molecule has 0 bridgehead atoms. The summed E-state index contributed by atoms with van der Waals surface area (Å²) in [4.78, 5) is 17.5. The summed E-state index contributed by atoms with van der Waals surface area (Å²) in [6, 6.07) is 1.88. The largest absolute Gasteiger partial charge is 0.352 e. The van der Waals surface area contributed by atoms with Crippen molar-refractivity contribution >= 4 is 26.8 Å². The number of rotatable bonds is 4. The Labute approximate surface area is 146 Å². The van der Waals surface area contributed by atoms with E-state index in [0.717, 1.165) is 35.3 Å². The van der Waals surface area contributed by atoms with Crippen LogP contribution in [0.25, 0.3) is 11.0 Å². The summed E-state index contributed by atoms with van der Waals surface area (Å²) in [5, 5.41) is 8.11. The normalized spacial score (nSPS) is 22.4. The van der Waals surface area contributed by atoms with E-state index in [0.29, 0.717) is 24.4 Å². The number of nitrogens with one attached hydrogen (secondary N) is 1. The topological polar surface area (TPSA) is 93.9 Å². The van der Waals surface area contributed by atoms with Gasteiger partial charge in [0.05, 0.1) is 28.1 Å². The third kappa shape index (κ3) is 3.15. The van der Waals surface area contributed by atoms with Crippen LogP contribution in [0.15, 0.2) is 6.07 Å². The first kappa shape index (κ1) is 16.5. The number of pyridine rings is 1. The Bertz CT molecular complexity index is 960. The standard InChI is InChI=1S/C17H22N4O3S/c1-10-15-13(17(22)18-8-11-5-6-25(23,24)9-11)7-14(12-3-4-12)19-16(15)21(2)20-10/h7,11-12H,3-6,8-9H2,1-2H3,(H,18,22). The van der Waals surface area contributed by atoms with Crippen LogP contribution in [0.5, 0.6) is 0 Å². The average Bonchev–Trinajstić information content (AvgIpc) is 3.29. The molecular weight excluding hydrogens is 340 g/mol. The fourth-order valence-electron chi connectivity index (χ4n) is 3.60. The number of fused-ring (bicyclic) bond motifs is 1. The first-order chi connectivity index (χ1) is 11.8. The first-order valence-electron chi connectivity index (χ1n) is 8.67. The van der Waals surface area contributed by atoms with Gasteiger partial charge in [0.25, 0.3) is 5.91 Å². The lowest BCUT2D eigenvalue weighted by Gasteiger charge is -2.11. The quantitative estimate of drug-likeness (QED) is 0.885. The van der Waals surface area contributed by atoms with Crippen molar-refractivity contribution in [3.63, 3.8) is 0 Å². The van der Waals surface area contributed by atoms with Crippen LogP contribution in [0.3, 0.4) is 0 Å². The Morgan fingerprint density at radius 2 is 2.12 bits per heavy atom. The number of aromatic nitrogens is 3. The van der Waals surface area contributed by atoms with Crippen LogP contribution in [-0.2, 0) is 16.9 Å². The number of nitrogens with zero attached hydrogens (tertiary/aromatic N) is 3. The summed E-state index contributed by atoms with van der Waals surface area (Å²) < 4.78 is 24.9. The zero-order chi connectivity index (χ0) is 17.8. The maximum Gasteiger partial charge on any atom is 0.252 e. The van der Waals surface area contributed by atoms with Crippen LogP contribution in [0.1, 0.15) is 46.9 Å². The highest BCUT2D eigenvalue weighted by molar-refractivity contribution is 7.91. The predicted molar refractivity (Wildman–Crippen MR) is 94.3 cm³/mol. The molecule has 7 nitrogen and oxygen atoms in total. The van der Waals surface area contributed by atoms with Crippen molar-refractivity contribution in [2.75, 3.05) is 18.1 Å². The van der Waals surface area contributed by atoms with Crippen LogP contribution in [0.4, 0.5) is 0 Å². The van der Waals surface area contributed by atoms with Crippen LogP contribution < -0.4 is 5.32 Å². The van der Waals surface area contributed by atoms with Gasteiger partial charge in [0.15, 0.2) is 15.5 Å². The number of carbonyl (C=O) groups excluding carboxylic acids is 1. The van der Waals surface area contributed by atoms with Crippen LogP contribution in [-0.4, -0.2) is 47.1 Å². The maximum atomic E-state index is 12.8. The van der Waals surface area contributed by atoms with E-state index in [1.807, 2.05) is 20.0 Å². The lowest BCUT2D eigenvalue weighted by Crippen LogP contribution is -2.30. The fourth-order valence-corrected chi connectivity index (χ4v) is 5.46. The molecule has 2 aliphatic rings. The van der Waals surface area contributed by atoms with Gasteiger partial charge in [-0.1, -0.05) is 0 Å². The summed E-state index contributed by atoms with van der Waals surface area (Å²) in [6.45, 7) is 2.26. The van der Waals surface area contributed by atoms with Gasteiger partial charge in [0.2, 0.25) is 0 Å². The molecule has 1 aliphatic heterocycles. The van der Waals surface area contributed by atoms with Gasteiger partial charge in [0, 0.05) is 25.2 Å². The van der Waals surface area contributed by atoms with Gasteiger partial charge in [-0.05, 0) is 38.2 Å². The number of hydrogen-bond donors (Lipinski definition) is 1. The monoisotopic (exact) mass is 362 g/mol. The minimum atomic E-state index is -2.93. The van der Waals surface area contributed by atoms with E-state index in [4.69, 9.17) is 4.98 Å². The number of aryl methyl sites for hydroxylation is 2. The van der Waals surface area contributed by atoms with Gasteiger partial charge in [-0.25, -0.2) is 13.4 Å². The molecule has 8 heteroatoms. The predicted octanol–water partition coefficient (Wildman–Crippen LogP) is 1.32. The molecular formula is C17H22N4O3S. The summed E-state index contributed by atoms with van der Waals surface area (Å²) >= 11 is 0. The van der Waals surface area contributed by atoms with Crippen molar-refractivity contribution in [3.8, 4) is 0 Å². The second kappa shape index (κ2) is 5.79. The van der Waals surface area contributed by atoms with Gasteiger partial charge in [-0.3, -0.25) is 9.48 Å². The van der Waals surface area contributed by atoms with Gasteiger partial charge in [-0.2, -0.15) is 5.10 Å². The van der Waals surface area contributed by atoms with Gasteiger partial charge >= 0.3 is 0 Å². The van der Waals surface area contributed by atoms with Gasteiger partial charge in [-0.15, -0.1) is 0 Å². The second-order valence-corrected chi connectivity index (χ2v) is 9.48. The van der Waals surface area contributed by atoms with Crippen molar-refractivity contribution in [2.45, 2.75) is 32.1 Å². The molecule has 3 heterocycles. The van der Waals surface area contributed by atoms with E-state index in [9.17, 15) is 13.2 Å². The molecule has 134 valence electrons. The molecule has 2 aromatic heterocycles. The smallest absolute Gasteiger partial charge is 0.252 e. The van der Waals surface area contributed by atoms with Crippen molar-refractivity contribution < 1.29 is 13.2 Å². The van der Waals surface area contributed by atoms with Crippen LogP contribution >= 0.6 is 0 Å². The van der Waals surface area contributed by atoms with Crippen LogP contribution in [0.2, 0.25) is 0 Å². The molecule has 2 aromatic rings. The molecule has 1 saturated carbocycles. The van der Waals surface area contributed by atoms with E-state index in [1.54, 1.807) is 4.68 Å². The summed E-state index contributed by atoms with van der Waals surface area (Å²) in [6.07, 6.45) is 2.83. The Morgan fingerprint density at radius 3 is 2.76 bits per heavy atom. The molecule has 25 heavy (non-hydrogen) atoms. The SMILES string of the molecule is Cc1nn(C)c2nc(C3CC3)cc(C(=O)NCC3CCS(=O)(=O)C3)c12.